The first-order valence-corrected chi connectivity index (χ1v) is 7.02. The summed E-state index contributed by atoms with van der Waals surface area (Å²) in [5.74, 6) is 1.14. The third-order valence-electron chi connectivity index (χ3n) is 3.65. The van der Waals surface area contributed by atoms with Crippen LogP contribution < -0.4 is 11.1 Å². The lowest BCUT2D eigenvalue weighted by atomic mass is 10.1. The molecule has 0 spiro atoms. The zero-order chi connectivity index (χ0) is 14.9. The fourth-order valence-electron chi connectivity index (χ4n) is 2.11. The predicted octanol–water partition coefficient (Wildman–Crippen LogP) is 3.09. The van der Waals surface area contributed by atoms with Gasteiger partial charge in [-0.15, -0.1) is 0 Å². The van der Waals surface area contributed by atoms with Crippen molar-refractivity contribution in [1.82, 2.24) is 9.97 Å². The number of anilines is 2. The van der Waals surface area contributed by atoms with Crippen LogP contribution in [0.5, 0.6) is 0 Å². The molecule has 0 atom stereocenters. The fourth-order valence-corrected chi connectivity index (χ4v) is 2.32. The summed E-state index contributed by atoms with van der Waals surface area (Å²) in [7, 11) is 0. The minimum absolute atomic E-state index is 0.212. The van der Waals surface area contributed by atoms with Gasteiger partial charge in [-0.1, -0.05) is 11.6 Å². The van der Waals surface area contributed by atoms with Crippen LogP contribution in [0.25, 0.3) is 11.1 Å². The third kappa shape index (κ3) is 2.91. The van der Waals surface area contributed by atoms with E-state index >= 15 is 0 Å². The monoisotopic (exact) mass is 299 g/mol. The molecule has 106 valence electrons. The minimum atomic E-state index is -0.212. The van der Waals surface area contributed by atoms with Crippen LogP contribution >= 0.6 is 11.6 Å². The van der Waals surface area contributed by atoms with E-state index in [0.29, 0.717) is 17.4 Å². The molecule has 1 aliphatic rings. The van der Waals surface area contributed by atoms with E-state index in [1.165, 1.54) is 6.20 Å². The Morgan fingerprint density at radius 1 is 1.38 bits per heavy atom. The highest BCUT2D eigenvalue weighted by molar-refractivity contribution is 6.33. The van der Waals surface area contributed by atoms with E-state index in [1.807, 2.05) is 12.1 Å². The lowest BCUT2D eigenvalue weighted by Gasteiger charge is -2.11. The number of hydrogen-bond donors (Lipinski definition) is 2. The van der Waals surface area contributed by atoms with Crippen LogP contribution in [0.2, 0.25) is 5.02 Å². The molecule has 3 rings (SSSR count). The Morgan fingerprint density at radius 2 is 2.19 bits per heavy atom. The maximum Gasteiger partial charge on any atom is 0.126 e. The van der Waals surface area contributed by atoms with E-state index in [2.05, 4.69) is 21.4 Å². The van der Waals surface area contributed by atoms with Gasteiger partial charge in [0.1, 0.15) is 11.6 Å². The number of nitrogen functional groups attached to an aromatic ring is 1. The molecule has 2 aromatic heterocycles. The summed E-state index contributed by atoms with van der Waals surface area (Å²) in [6.45, 7) is 0.617. The molecule has 2 aromatic rings. The molecular weight excluding hydrogens is 286 g/mol. The number of aromatic nitrogens is 2. The second-order valence-electron chi connectivity index (χ2n) is 5.26. The smallest absolute Gasteiger partial charge is 0.126 e. The molecule has 1 aliphatic carbocycles. The molecule has 21 heavy (non-hydrogen) atoms. The summed E-state index contributed by atoms with van der Waals surface area (Å²) in [6.07, 6.45) is 5.14. The third-order valence-corrected chi connectivity index (χ3v) is 3.95. The molecule has 0 amide bonds. The first-order chi connectivity index (χ1) is 10.1. The van der Waals surface area contributed by atoms with Gasteiger partial charge in [-0.3, -0.25) is 0 Å². The molecule has 3 N–H and O–H groups in total. The van der Waals surface area contributed by atoms with E-state index in [9.17, 15) is 0 Å². The lowest BCUT2D eigenvalue weighted by Crippen LogP contribution is -2.14. The van der Waals surface area contributed by atoms with Gasteiger partial charge < -0.3 is 11.1 Å². The number of nitrogens with one attached hydrogen (secondary N) is 1. The number of pyridine rings is 2. The second-order valence-corrected chi connectivity index (χ2v) is 5.67. The number of hydrogen-bond acceptors (Lipinski definition) is 5. The van der Waals surface area contributed by atoms with E-state index < -0.39 is 0 Å². The zero-order valence-corrected chi connectivity index (χ0v) is 12.1. The molecule has 1 saturated carbocycles. The highest BCUT2D eigenvalue weighted by atomic mass is 35.5. The molecule has 0 aromatic carbocycles. The van der Waals surface area contributed by atoms with Crippen LogP contribution in [-0.2, 0) is 0 Å². The van der Waals surface area contributed by atoms with Crippen molar-refractivity contribution in [2.45, 2.75) is 12.8 Å². The molecule has 0 bridgehead atoms. The van der Waals surface area contributed by atoms with Crippen LogP contribution in [0.15, 0.2) is 30.6 Å². The highest BCUT2D eigenvalue weighted by Crippen LogP contribution is 2.44. The van der Waals surface area contributed by atoms with Crippen molar-refractivity contribution in [3.8, 4) is 17.2 Å². The van der Waals surface area contributed by atoms with E-state index in [4.69, 9.17) is 22.6 Å². The summed E-state index contributed by atoms with van der Waals surface area (Å²) in [4.78, 5) is 8.23. The number of nitrogens with zero attached hydrogens (tertiary/aromatic N) is 3. The van der Waals surface area contributed by atoms with Crippen molar-refractivity contribution in [2.75, 3.05) is 17.6 Å². The summed E-state index contributed by atoms with van der Waals surface area (Å²) >= 11 is 6.16. The molecule has 1 fully saturated rings. The zero-order valence-electron chi connectivity index (χ0n) is 11.3. The lowest BCUT2D eigenvalue weighted by molar-refractivity contribution is 0.709. The largest absolute Gasteiger partial charge is 0.384 e. The topological polar surface area (TPSA) is 87.6 Å². The summed E-state index contributed by atoms with van der Waals surface area (Å²) in [5, 5.41) is 12.8. The van der Waals surface area contributed by atoms with Gasteiger partial charge in [0.2, 0.25) is 0 Å². The number of rotatable bonds is 4. The van der Waals surface area contributed by atoms with Gasteiger partial charge in [0, 0.05) is 24.5 Å². The first-order valence-electron chi connectivity index (χ1n) is 6.64. The van der Waals surface area contributed by atoms with Crippen molar-refractivity contribution in [2.24, 2.45) is 5.41 Å². The number of halogens is 1. The average Bonchev–Trinajstić information content (AvgIpc) is 3.29. The van der Waals surface area contributed by atoms with Crippen molar-refractivity contribution >= 4 is 23.2 Å². The van der Waals surface area contributed by atoms with Gasteiger partial charge in [0.15, 0.2) is 0 Å². The van der Waals surface area contributed by atoms with Gasteiger partial charge in [-0.25, -0.2) is 9.97 Å². The van der Waals surface area contributed by atoms with Crippen molar-refractivity contribution in [3.05, 3.63) is 35.6 Å². The van der Waals surface area contributed by atoms with E-state index in [-0.39, 0.29) is 5.41 Å². The van der Waals surface area contributed by atoms with Crippen LogP contribution in [0.3, 0.4) is 0 Å². The Morgan fingerprint density at radius 3 is 2.90 bits per heavy atom. The highest BCUT2D eigenvalue weighted by Gasteiger charge is 2.42. The Labute approximate surface area is 127 Å². The van der Waals surface area contributed by atoms with Gasteiger partial charge in [0.05, 0.1) is 16.5 Å². The molecular formula is C15H14ClN5. The quantitative estimate of drug-likeness (QED) is 0.905. The maximum atomic E-state index is 9.09. The van der Waals surface area contributed by atoms with Crippen molar-refractivity contribution in [1.29, 1.82) is 5.26 Å². The van der Waals surface area contributed by atoms with Gasteiger partial charge in [-0.05, 0) is 36.6 Å². The van der Waals surface area contributed by atoms with Crippen LogP contribution in [-0.4, -0.2) is 16.5 Å². The van der Waals surface area contributed by atoms with Crippen LogP contribution in [0.4, 0.5) is 11.6 Å². The first kappa shape index (κ1) is 13.7. The Hall–Kier alpha value is -2.32. The van der Waals surface area contributed by atoms with Crippen LogP contribution in [0, 0.1) is 16.7 Å². The molecule has 0 aliphatic heterocycles. The Kier molecular flexibility index (Phi) is 3.40. The molecule has 0 radical (unpaired) electrons. The summed E-state index contributed by atoms with van der Waals surface area (Å²) in [5.41, 5.74) is 7.22. The van der Waals surface area contributed by atoms with Gasteiger partial charge in [0.25, 0.3) is 0 Å². The van der Waals surface area contributed by atoms with E-state index in [1.54, 1.807) is 12.3 Å². The standard InChI is InChI=1S/C15H14ClN5/c16-12-7-20-13(18)6-11(12)10-1-4-19-14(5-10)21-9-15(8-17)2-3-15/h1,4-7H,2-3,9H2,(H2,18,20)(H,19,21). The Bertz CT molecular complexity index is 718. The molecule has 6 heteroatoms. The second kappa shape index (κ2) is 5.23. The van der Waals surface area contributed by atoms with Crippen molar-refractivity contribution in [3.63, 3.8) is 0 Å². The summed E-state index contributed by atoms with van der Waals surface area (Å²) in [6, 6.07) is 7.85. The fraction of sp³-hybridized carbons (Fsp3) is 0.267. The Balaban J connectivity index is 1.83. The molecule has 5 nitrogen and oxygen atoms in total. The molecule has 2 heterocycles. The minimum Gasteiger partial charge on any atom is -0.384 e. The SMILES string of the molecule is N#CC1(CNc2cc(-c3cc(N)ncc3Cl)ccn2)CC1. The molecule has 0 unspecified atom stereocenters. The predicted molar refractivity (Wildman–Crippen MR) is 82.7 cm³/mol. The van der Waals surface area contributed by atoms with Crippen LogP contribution in [0.1, 0.15) is 12.8 Å². The summed E-state index contributed by atoms with van der Waals surface area (Å²) < 4.78 is 0. The van der Waals surface area contributed by atoms with E-state index in [0.717, 1.165) is 29.8 Å². The average molecular weight is 300 g/mol. The van der Waals surface area contributed by atoms with Gasteiger partial charge >= 0.3 is 0 Å². The van der Waals surface area contributed by atoms with Crippen molar-refractivity contribution < 1.29 is 0 Å². The molecule has 0 saturated heterocycles. The normalized spacial score (nSPS) is 15.2. The maximum absolute atomic E-state index is 9.09. The number of nitrogens with two attached hydrogens (primary N) is 1. The number of nitriles is 1. The van der Waals surface area contributed by atoms with Gasteiger partial charge in [-0.2, -0.15) is 5.26 Å².